The first kappa shape index (κ1) is 18.3. The molecule has 1 aromatic heterocycles. The van der Waals surface area contributed by atoms with Gasteiger partial charge in [0.25, 0.3) is 11.8 Å². The van der Waals surface area contributed by atoms with Gasteiger partial charge in [-0.3, -0.25) is 9.59 Å². The molecular formula is C21H20N2O4. The molecule has 6 nitrogen and oxygen atoms in total. The Hall–Kier alpha value is -3.54. The molecule has 3 aromatic rings. The van der Waals surface area contributed by atoms with Crippen LogP contribution in [0.5, 0.6) is 5.75 Å². The van der Waals surface area contributed by atoms with Gasteiger partial charge in [0.15, 0.2) is 0 Å². The first-order valence-corrected chi connectivity index (χ1v) is 8.43. The fourth-order valence-corrected chi connectivity index (χ4v) is 2.57. The van der Waals surface area contributed by atoms with E-state index < -0.39 is 0 Å². The number of anilines is 1. The van der Waals surface area contributed by atoms with Gasteiger partial charge in [0.05, 0.1) is 25.6 Å². The van der Waals surface area contributed by atoms with Gasteiger partial charge in [-0.05, 0) is 61.0 Å². The molecule has 0 unspecified atom stereocenters. The molecule has 27 heavy (non-hydrogen) atoms. The molecule has 138 valence electrons. The van der Waals surface area contributed by atoms with Crippen LogP contribution in [0.2, 0.25) is 0 Å². The minimum atomic E-state index is -0.276. The summed E-state index contributed by atoms with van der Waals surface area (Å²) in [6.07, 6.45) is 1.55. The van der Waals surface area contributed by atoms with E-state index in [2.05, 4.69) is 10.6 Å². The van der Waals surface area contributed by atoms with Crippen LogP contribution in [0.25, 0.3) is 0 Å². The second-order valence-corrected chi connectivity index (χ2v) is 6.00. The lowest BCUT2D eigenvalue weighted by molar-refractivity contribution is 0.0946. The van der Waals surface area contributed by atoms with Crippen LogP contribution < -0.4 is 15.4 Å². The number of carbonyl (C=O) groups is 2. The Kier molecular flexibility index (Phi) is 5.56. The number of rotatable bonds is 6. The van der Waals surface area contributed by atoms with Crippen molar-refractivity contribution < 1.29 is 18.7 Å². The molecule has 2 aromatic carbocycles. The minimum Gasteiger partial charge on any atom is -0.495 e. The third-order valence-electron chi connectivity index (χ3n) is 4.02. The Balaban J connectivity index is 1.65. The average Bonchev–Trinajstić information content (AvgIpc) is 3.20. The topological polar surface area (TPSA) is 80.6 Å². The Morgan fingerprint density at radius 3 is 2.33 bits per heavy atom. The number of carbonyl (C=O) groups excluding carboxylic acids is 2. The standard InChI is InChI=1S/C21H20N2O4/c1-14-5-10-19(26-2)18(12-14)23-21(25)16-8-6-15(7-9-16)20(24)22-13-17-4-3-11-27-17/h3-12H,13H2,1-2H3,(H,22,24)(H,23,25). The number of ether oxygens (including phenoxy) is 1. The van der Waals surface area contributed by atoms with Gasteiger partial charge < -0.3 is 19.8 Å². The van der Waals surface area contributed by atoms with Gasteiger partial charge in [-0.25, -0.2) is 0 Å². The van der Waals surface area contributed by atoms with Crippen LogP contribution in [0.15, 0.2) is 65.3 Å². The lowest BCUT2D eigenvalue weighted by Crippen LogP contribution is -2.22. The number of amides is 2. The molecule has 3 rings (SSSR count). The van der Waals surface area contributed by atoms with Crippen molar-refractivity contribution in [2.75, 3.05) is 12.4 Å². The van der Waals surface area contributed by atoms with Crippen LogP contribution in [-0.4, -0.2) is 18.9 Å². The minimum absolute atomic E-state index is 0.237. The van der Waals surface area contributed by atoms with Gasteiger partial charge in [-0.15, -0.1) is 0 Å². The van der Waals surface area contributed by atoms with Crippen molar-refractivity contribution in [2.24, 2.45) is 0 Å². The zero-order chi connectivity index (χ0) is 19.2. The molecule has 0 spiro atoms. The first-order valence-electron chi connectivity index (χ1n) is 8.43. The van der Waals surface area contributed by atoms with Crippen LogP contribution in [0.3, 0.4) is 0 Å². The highest BCUT2D eigenvalue weighted by Crippen LogP contribution is 2.25. The van der Waals surface area contributed by atoms with Crippen molar-refractivity contribution in [1.29, 1.82) is 0 Å². The van der Waals surface area contributed by atoms with Crippen LogP contribution in [0.4, 0.5) is 5.69 Å². The zero-order valence-electron chi connectivity index (χ0n) is 15.1. The van der Waals surface area contributed by atoms with Crippen molar-refractivity contribution in [3.8, 4) is 5.75 Å². The van der Waals surface area contributed by atoms with Gasteiger partial charge >= 0.3 is 0 Å². The predicted octanol–water partition coefficient (Wildman–Crippen LogP) is 3.78. The summed E-state index contributed by atoms with van der Waals surface area (Å²) in [4.78, 5) is 24.6. The summed E-state index contributed by atoms with van der Waals surface area (Å²) in [5.74, 6) is 0.745. The fourth-order valence-electron chi connectivity index (χ4n) is 2.57. The quantitative estimate of drug-likeness (QED) is 0.697. The molecule has 0 aliphatic heterocycles. The second kappa shape index (κ2) is 8.23. The van der Waals surface area contributed by atoms with E-state index in [4.69, 9.17) is 9.15 Å². The van der Waals surface area contributed by atoms with E-state index in [0.29, 0.717) is 34.9 Å². The Morgan fingerprint density at radius 2 is 1.70 bits per heavy atom. The molecule has 1 heterocycles. The Labute approximate surface area is 157 Å². The van der Waals surface area contributed by atoms with E-state index in [-0.39, 0.29) is 11.8 Å². The van der Waals surface area contributed by atoms with Gasteiger partial charge in [-0.1, -0.05) is 6.07 Å². The molecule has 0 bridgehead atoms. The van der Waals surface area contributed by atoms with Crippen molar-refractivity contribution in [3.05, 3.63) is 83.3 Å². The second-order valence-electron chi connectivity index (χ2n) is 6.00. The molecule has 0 aliphatic rings. The SMILES string of the molecule is COc1ccc(C)cc1NC(=O)c1ccc(C(=O)NCc2ccco2)cc1. The van der Waals surface area contributed by atoms with E-state index in [1.54, 1.807) is 55.8 Å². The van der Waals surface area contributed by atoms with Gasteiger partial charge in [0.1, 0.15) is 11.5 Å². The van der Waals surface area contributed by atoms with Crippen molar-refractivity contribution in [1.82, 2.24) is 5.32 Å². The Morgan fingerprint density at radius 1 is 1.00 bits per heavy atom. The number of hydrogen-bond acceptors (Lipinski definition) is 4. The van der Waals surface area contributed by atoms with Crippen LogP contribution >= 0.6 is 0 Å². The molecule has 0 saturated carbocycles. The summed E-state index contributed by atoms with van der Waals surface area (Å²) in [6, 6.07) is 15.5. The smallest absolute Gasteiger partial charge is 0.255 e. The molecule has 0 saturated heterocycles. The highest BCUT2D eigenvalue weighted by molar-refractivity contribution is 6.05. The number of hydrogen-bond donors (Lipinski definition) is 2. The maximum absolute atomic E-state index is 12.5. The van der Waals surface area contributed by atoms with Crippen molar-refractivity contribution in [3.63, 3.8) is 0 Å². The monoisotopic (exact) mass is 364 g/mol. The van der Waals surface area contributed by atoms with Crippen molar-refractivity contribution in [2.45, 2.75) is 13.5 Å². The first-order chi connectivity index (χ1) is 13.1. The van der Waals surface area contributed by atoms with E-state index in [1.807, 2.05) is 19.1 Å². The van der Waals surface area contributed by atoms with Gasteiger partial charge in [0.2, 0.25) is 0 Å². The maximum Gasteiger partial charge on any atom is 0.255 e. The van der Waals surface area contributed by atoms with Gasteiger partial charge in [0, 0.05) is 11.1 Å². The molecule has 0 radical (unpaired) electrons. The lowest BCUT2D eigenvalue weighted by atomic mass is 10.1. The molecular weight excluding hydrogens is 344 g/mol. The number of nitrogens with one attached hydrogen (secondary N) is 2. The fraction of sp³-hybridized carbons (Fsp3) is 0.143. The maximum atomic E-state index is 12.5. The zero-order valence-corrected chi connectivity index (χ0v) is 15.1. The molecule has 0 atom stereocenters. The third-order valence-corrected chi connectivity index (χ3v) is 4.02. The van der Waals surface area contributed by atoms with E-state index in [1.165, 1.54) is 0 Å². The van der Waals surface area contributed by atoms with Crippen LogP contribution in [0.1, 0.15) is 32.0 Å². The Bertz CT molecular complexity index is 931. The summed E-state index contributed by atoms with van der Waals surface area (Å²) in [5, 5.41) is 5.60. The normalized spacial score (nSPS) is 10.3. The summed E-state index contributed by atoms with van der Waals surface area (Å²) in [7, 11) is 1.55. The number of methoxy groups -OCH3 is 1. The third kappa shape index (κ3) is 4.55. The molecule has 6 heteroatoms. The largest absolute Gasteiger partial charge is 0.495 e. The van der Waals surface area contributed by atoms with E-state index in [9.17, 15) is 9.59 Å². The van der Waals surface area contributed by atoms with Crippen molar-refractivity contribution >= 4 is 17.5 Å². The number of furan rings is 1. The summed E-state index contributed by atoms with van der Waals surface area (Å²) in [5.41, 5.74) is 2.52. The summed E-state index contributed by atoms with van der Waals surface area (Å²) in [6.45, 7) is 2.24. The lowest BCUT2D eigenvalue weighted by Gasteiger charge is -2.11. The highest BCUT2D eigenvalue weighted by atomic mass is 16.5. The van der Waals surface area contributed by atoms with Crippen LogP contribution in [-0.2, 0) is 6.54 Å². The summed E-state index contributed by atoms with van der Waals surface area (Å²) >= 11 is 0. The van der Waals surface area contributed by atoms with E-state index in [0.717, 1.165) is 5.56 Å². The number of benzene rings is 2. The van der Waals surface area contributed by atoms with E-state index >= 15 is 0 Å². The molecule has 0 fully saturated rings. The average molecular weight is 364 g/mol. The molecule has 2 N–H and O–H groups in total. The predicted molar refractivity (Wildman–Crippen MR) is 102 cm³/mol. The summed E-state index contributed by atoms with van der Waals surface area (Å²) < 4.78 is 10.4. The number of aryl methyl sites for hydroxylation is 1. The molecule has 0 aliphatic carbocycles. The molecule has 2 amide bonds. The van der Waals surface area contributed by atoms with Crippen LogP contribution in [0, 0.1) is 6.92 Å². The highest BCUT2D eigenvalue weighted by Gasteiger charge is 2.12. The van der Waals surface area contributed by atoms with Gasteiger partial charge in [-0.2, -0.15) is 0 Å².